The van der Waals surface area contributed by atoms with Crippen LogP contribution < -0.4 is 0 Å². The van der Waals surface area contributed by atoms with E-state index >= 15 is 0 Å². The molecule has 9 rings (SSSR count). The maximum absolute atomic E-state index is 12.2. The van der Waals surface area contributed by atoms with Crippen LogP contribution in [0.15, 0.2) is 170 Å². The first-order chi connectivity index (χ1) is 29.7. The molecule has 2 aromatic heterocycles. The van der Waals surface area contributed by atoms with Crippen LogP contribution in [0.25, 0.3) is 83.9 Å². The topological polar surface area (TPSA) is 50.9 Å². The highest BCUT2D eigenvalue weighted by atomic mass is 16.3. The summed E-state index contributed by atoms with van der Waals surface area (Å²) in [5.74, 6) is 0.708. The van der Waals surface area contributed by atoms with Crippen LogP contribution in [0.2, 0.25) is 0 Å². The summed E-state index contributed by atoms with van der Waals surface area (Å²) in [7, 11) is 0. The van der Waals surface area contributed by atoms with Gasteiger partial charge < -0.3 is 5.11 Å². The number of benzene rings is 7. The van der Waals surface area contributed by atoms with Gasteiger partial charge >= 0.3 is 0 Å². The van der Waals surface area contributed by atoms with Crippen molar-refractivity contribution in [3.8, 4) is 78.6 Å². The summed E-state index contributed by atoms with van der Waals surface area (Å²) in [6.07, 6.45) is 1.87. The monoisotopic (exact) mass is 768 g/mol. The van der Waals surface area contributed by atoms with Crippen molar-refractivity contribution in [1.82, 2.24) is 14.5 Å². The van der Waals surface area contributed by atoms with E-state index in [1.165, 1.54) is 5.56 Å². The molecule has 288 valence electrons. The Balaban J connectivity index is 1.34. The van der Waals surface area contributed by atoms with Crippen LogP contribution in [0.3, 0.4) is 0 Å². The van der Waals surface area contributed by atoms with Crippen molar-refractivity contribution in [2.24, 2.45) is 0 Å². The Labute approximate surface area is 351 Å². The molecule has 1 N–H and O–H groups in total. The van der Waals surface area contributed by atoms with Crippen molar-refractivity contribution < 1.29 is 9.22 Å². The van der Waals surface area contributed by atoms with Gasteiger partial charge in [-0.15, -0.1) is 0 Å². The zero-order valence-electron chi connectivity index (χ0n) is 37.0. The lowest BCUT2D eigenvalue weighted by Crippen LogP contribution is -2.12. The highest BCUT2D eigenvalue weighted by molar-refractivity contribution is 5.98. The summed E-state index contributed by atoms with van der Waals surface area (Å²) in [4.78, 5) is 10.4. The SMILES string of the molecule is [2H]C([2H])([2H])c1ccc(-n2c(-c3cc(C)cc(C(C)(C)C)c3O)nc3c(-c4cc(-c5ccccc5)cc(-c5cc(-c6ccc(C)cc6)ccn5)c4)cccc32)c(-c2ccccc2)c1. The minimum Gasteiger partial charge on any atom is -0.507 e. The number of aryl methyl sites for hydroxylation is 3. The molecule has 4 nitrogen and oxygen atoms in total. The van der Waals surface area contributed by atoms with Gasteiger partial charge in [0.25, 0.3) is 0 Å². The van der Waals surface area contributed by atoms with Crippen LogP contribution in [0.5, 0.6) is 5.75 Å². The molecule has 59 heavy (non-hydrogen) atoms. The van der Waals surface area contributed by atoms with Gasteiger partial charge in [0.05, 0.1) is 28.0 Å². The van der Waals surface area contributed by atoms with Crippen LogP contribution in [0.4, 0.5) is 0 Å². The second-order valence-corrected chi connectivity index (χ2v) is 16.5. The highest BCUT2D eigenvalue weighted by Gasteiger charge is 2.27. The average molecular weight is 769 g/mol. The minimum absolute atomic E-state index is 0.162. The second kappa shape index (κ2) is 15.0. The predicted octanol–water partition coefficient (Wildman–Crippen LogP) is 14.4. The lowest BCUT2D eigenvalue weighted by molar-refractivity contribution is 0.448. The first-order valence-electron chi connectivity index (χ1n) is 21.5. The fourth-order valence-electron chi connectivity index (χ4n) is 8.10. The van der Waals surface area contributed by atoms with Crippen LogP contribution >= 0.6 is 0 Å². The van der Waals surface area contributed by atoms with E-state index in [4.69, 9.17) is 14.1 Å². The van der Waals surface area contributed by atoms with Gasteiger partial charge in [0.2, 0.25) is 0 Å². The van der Waals surface area contributed by atoms with Gasteiger partial charge in [-0.25, -0.2) is 4.98 Å². The highest BCUT2D eigenvalue weighted by Crippen LogP contribution is 2.44. The quantitative estimate of drug-likeness (QED) is 0.176. The molecule has 2 heterocycles. The van der Waals surface area contributed by atoms with Crippen molar-refractivity contribution in [3.05, 3.63) is 192 Å². The van der Waals surface area contributed by atoms with Crippen LogP contribution in [0, 0.1) is 20.7 Å². The number of fused-ring (bicyclic) bond motifs is 1. The molecular weight excluding hydrogens is 719 g/mol. The Morgan fingerprint density at radius 2 is 1.19 bits per heavy atom. The lowest BCUT2D eigenvalue weighted by Gasteiger charge is -2.23. The van der Waals surface area contributed by atoms with E-state index < -0.39 is 6.85 Å². The molecule has 0 atom stereocenters. The number of hydrogen-bond donors (Lipinski definition) is 1. The van der Waals surface area contributed by atoms with Crippen molar-refractivity contribution in [3.63, 3.8) is 0 Å². The van der Waals surface area contributed by atoms with E-state index in [-0.39, 0.29) is 16.7 Å². The van der Waals surface area contributed by atoms with Crippen molar-refractivity contribution >= 4 is 11.0 Å². The van der Waals surface area contributed by atoms with E-state index in [9.17, 15) is 5.11 Å². The summed E-state index contributed by atoms with van der Waals surface area (Å²) < 4.78 is 27.1. The zero-order chi connectivity index (χ0) is 43.3. The molecule has 0 aliphatic rings. The maximum Gasteiger partial charge on any atom is 0.149 e. The molecule has 0 bridgehead atoms. The molecule has 0 amide bonds. The Morgan fingerprint density at radius 3 is 1.92 bits per heavy atom. The Morgan fingerprint density at radius 1 is 0.525 bits per heavy atom. The molecule has 4 heteroatoms. The van der Waals surface area contributed by atoms with Gasteiger partial charge in [-0.3, -0.25) is 9.55 Å². The fourth-order valence-corrected chi connectivity index (χ4v) is 8.10. The third kappa shape index (κ3) is 7.23. The molecule has 0 radical (unpaired) electrons. The largest absolute Gasteiger partial charge is 0.507 e. The maximum atomic E-state index is 12.2. The first-order valence-corrected chi connectivity index (χ1v) is 20.0. The van der Waals surface area contributed by atoms with Gasteiger partial charge in [0, 0.05) is 32.6 Å². The van der Waals surface area contributed by atoms with E-state index in [0.29, 0.717) is 11.4 Å². The number of nitrogens with zero attached hydrogens (tertiary/aromatic N) is 3. The number of pyridine rings is 1. The van der Waals surface area contributed by atoms with Crippen molar-refractivity contribution in [2.75, 3.05) is 0 Å². The summed E-state index contributed by atoms with van der Waals surface area (Å²) in [6, 6.07) is 55.1. The van der Waals surface area contributed by atoms with Crippen molar-refractivity contribution in [1.29, 1.82) is 0 Å². The predicted molar refractivity (Wildman–Crippen MR) is 246 cm³/mol. The normalized spacial score (nSPS) is 12.6. The number of phenols is 1. The number of rotatable bonds is 7. The Hall–Kier alpha value is -7.04. The average Bonchev–Trinajstić information content (AvgIpc) is 3.66. The van der Waals surface area contributed by atoms with E-state index in [1.54, 1.807) is 12.1 Å². The van der Waals surface area contributed by atoms with E-state index in [1.807, 2.05) is 85.9 Å². The molecule has 0 aliphatic carbocycles. The van der Waals surface area contributed by atoms with Gasteiger partial charge in [-0.1, -0.05) is 141 Å². The molecule has 9 aromatic rings. The molecule has 0 aliphatic heterocycles. The molecule has 0 spiro atoms. The first kappa shape index (κ1) is 34.0. The van der Waals surface area contributed by atoms with E-state index in [2.05, 4.69) is 111 Å². The number of aromatic nitrogens is 3. The summed E-state index contributed by atoms with van der Waals surface area (Å²) in [5, 5.41) is 12.2. The lowest BCUT2D eigenvalue weighted by atomic mass is 9.84. The fraction of sp³-hybridized carbons (Fsp3) is 0.127. The summed E-state index contributed by atoms with van der Waals surface area (Å²) >= 11 is 0. The van der Waals surface area contributed by atoms with Crippen LogP contribution in [0.1, 0.15) is 47.1 Å². The van der Waals surface area contributed by atoms with Gasteiger partial charge in [0.15, 0.2) is 0 Å². The van der Waals surface area contributed by atoms with Crippen molar-refractivity contribution in [2.45, 2.75) is 46.9 Å². The number of hydrogen-bond acceptors (Lipinski definition) is 3. The third-order valence-corrected chi connectivity index (χ3v) is 11.1. The van der Waals surface area contributed by atoms with Crippen LogP contribution in [-0.4, -0.2) is 19.6 Å². The summed E-state index contributed by atoms with van der Waals surface area (Å²) in [5.41, 5.74) is 15.3. The zero-order valence-corrected chi connectivity index (χ0v) is 34.0. The van der Waals surface area contributed by atoms with Gasteiger partial charge in [-0.05, 0) is 120 Å². The third-order valence-electron chi connectivity index (χ3n) is 11.1. The second-order valence-electron chi connectivity index (χ2n) is 16.5. The molecule has 0 unspecified atom stereocenters. The number of para-hydroxylation sites is 1. The Bertz CT molecular complexity index is 3110. The molecule has 0 saturated carbocycles. The molecule has 7 aromatic carbocycles. The van der Waals surface area contributed by atoms with E-state index in [0.717, 1.165) is 83.6 Å². The van der Waals surface area contributed by atoms with Gasteiger partial charge in [-0.2, -0.15) is 0 Å². The number of phenolic OH excluding ortho intramolecular Hbond substituents is 1. The number of aromatic hydroxyl groups is 1. The minimum atomic E-state index is -2.32. The summed E-state index contributed by atoms with van der Waals surface area (Å²) in [6.45, 7) is 8.09. The van der Waals surface area contributed by atoms with Gasteiger partial charge in [0.1, 0.15) is 11.6 Å². The number of imidazole rings is 1. The Kier molecular flexibility index (Phi) is 8.68. The molecule has 0 fully saturated rings. The smallest absolute Gasteiger partial charge is 0.149 e. The van der Waals surface area contributed by atoms with Crippen LogP contribution in [-0.2, 0) is 5.41 Å². The molecular formula is C55H47N3O. The standard InChI is InChI=1S/C55H47N3O/c1-35-20-23-39(24-21-35)41-26-27-56-49(34-41)44-32-42(38-14-9-7-10-15-38)31-43(33-44)45-18-13-19-51-52(45)57-54(47-29-37(3)30-48(53(47)59)55(4,5)6)58(51)50-25-22-36(2)28-46(50)40-16-11-8-12-17-40/h7-34,59H,1-6H3/i2D3. The molecule has 0 saturated heterocycles.